The van der Waals surface area contributed by atoms with Crippen molar-refractivity contribution in [3.8, 4) is 0 Å². The number of aliphatic hydroxyl groups is 1. The minimum atomic E-state index is -2.02. The number of aryl methyl sites for hydroxylation is 1. The van der Waals surface area contributed by atoms with E-state index in [9.17, 15) is 19.5 Å². The summed E-state index contributed by atoms with van der Waals surface area (Å²) in [5.41, 5.74) is -0.992. The van der Waals surface area contributed by atoms with Crippen molar-refractivity contribution in [2.45, 2.75) is 18.9 Å². The summed E-state index contributed by atoms with van der Waals surface area (Å²) >= 11 is 0. The third-order valence-electron chi connectivity index (χ3n) is 4.60. The van der Waals surface area contributed by atoms with Crippen LogP contribution in [-0.4, -0.2) is 16.8 Å². The summed E-state index contributed by atoms with van der Waals surface area (Å²) in [6, 6.07) is 13.4. The van der Waals surface area contributed by atoms with Gasteiger partial charge in [0, 0.05) is 16.6 Å². The number of Topliss-reactive ketones (excluding diaryl/α,β-unsaturated/α-hetero) is 1. The van der Waals surface area contributed by atoms with Gasteiger partial charge < -0.3 is 14.8 Å². The topological polar surface area (TPSA) is 96.6 Å². The Bertz CT molecular complexity index is 1130. The summed E-state index contributed by atoms with van der Waals surface area (Å²) in [5, 5.41) is 14.1. The van der Waals surface area contributed by atoms with Gasteiger partial charge in [0.2, 0.25) is 0 Å². The fourth-order valence-electron chi connectivity index (χ4n) is 3.22. The van der Waals surface area contributed by atoms with Crippen LogP contribution in [0.2, 0.25) is 0 Å². The molecule has 0 radical (unpaired) electrons. The molecule has 0 saturated heterocycles. The van der Waals surface area contributed by atoms with Crippen molar-refractivity contribution >= 4 is 28.3 Å². The largest absolute Gasteiger partial charge is 0.422 e. The van der Waals surface area contributed by atoms with Crippen LogP contribution < -0.4 is 10.9 Å². The molecule has 3 aromatic rings. The third-order valence-corrected chi connectivity index (χ3v) is 4.60. The van der Waals surface area contributed by atoms with Gasteiger partial charge in [-0.25, -0.2) is 4.79 Å². The fourth-order valence-corrected chi connectivity index (χ4v) is 3.22. The second kappa shape index (κ2) is 5.64. The van der Waals surface area contributed by atoms with Gasteiger partial charge in [-0.05, 0) is 25.1 Å². The van der Waals surface area contributed by atoms with E-state index in [1.165, 1.54) is 6.07 Å². The Kier molecular flexibility index (Phi) is 3.52. The maximum atomic E-state index is 12.7. The number of nitrogens with one attached hydrogen (secondary N) is 1. The maximum absolute atomic E-state index is 12.7. The molecule has 130 valence electrons. The fraction of sp³-hybridized carbons (Fsp3) is 0.150. The maximum Gasteiger partial charge on any atom is 0.347 e. The van der Waals surface area contributed by atoms with E-state index in [2.05, 4.69) is 5.32 Å². The molecule has 2 heterocycles. The van der Waals surface area contributed by atoms with Gasteiger partial charge in [0.1, 0.15) is 11.1 Å². The van der Waals surface area contributed by atoms with E-state index in [0.29, 0.717) is 22.2 Å². The monoisotopic (exact) mass is 349 g/mol. The molecule has 0 spiro atoms. The number of benzene rings is 2. The Morgan fingerprint density at radius 2 is 1.92 bits per heavy atom. The van der Waals surface area contributed by atoms with E-state index in [-0.39, 0.29) is 5.56 Å². The van der Waals surface area contributed by atoms with Gasteiger partial charge in [-0.1, -0.05) is 35.9 Å². The molecular formula is C20H15NO5. The number of hydrogen-bond acceptors (Lipinski definition) is 5. The number of hydrogen-bond donors (Lipinski definition) is 2. The molecule has 1 amide bonds. The van der Waals surface area contributed by atoms with Crippen molar-refractivity contribution in [2.24, 2.45) is 0 Å². The molecule has 0 saturated carbocycles. The second-order valence-electron chi connectivity index (χ2n) is 6.45. The number of amides is 1. The summed E-state index contributed by atoms with van der Waals surface area (Å²) in [6.07, 6.45) is -0.543. The molecule has 0 fully saturated rings. The summed E-state index contributed by atoms with van der Waals surface area (Å²) < 4.78 is 5.17. The quantitative estimate of drug-likeness (QED) is 0.559. The van der Waals surface area contributed by atoms with Gasteiger partial charge in [0.25, 0.3) is 5.91 Å². The van der Waals surface area contributed by atoms with Crippen molar-refractivity contribution < 1.29 is 19.1 Å². The van der Waals surface area contributed by atoms with E-state index < -0.39 is 29.3 Å². The summed E-state index contributed by atoms with van der Waals surface area (Å²) in [6.45, 7) is 1.82. The highest BCUT2D eigenvalue weighted by Gasteiger charge is 2.47. The minimum absolute atomic E-state index is 0.189. The lowest BCUT2D eigenvalue weighted by molar-refractivity contribution is -0.133. The van der Waals surface area contributed by atoms with Crippen LogP contribution in [0, 0.1) is 6.92 Å². The molecule has 6 heteroatoms. The number of anilines is 1. The summed E-state index contributed by atoms with van der Waals surface area (Å²) in [4.78, 5) is 37.2. The average Bonchev–Trinajstić information content (AvgIpc) is 2.85. The van der Waals surface area contributed by atoms with Crippen LogP contribution in [0.4, 0.5) is 5.69 Å². The molecule has 1 atom stereocenters. The standard InChI is InChI=1S/C20H15NO5/c1-11-6-7-15-14(8-11)20(25,19(24)21-15)10-16(22)13-9-12-4-2-3-5-17(12)26-18(13)23/h2-9,25H,10H2,1H3,(H,21,24). The molecule has 1 aliphatic rings. The normalized spacial score (nSPS) is 18.6. The predicted octanol–water partition coefficient (Wildman–Crippen LogP) is 2.51. The zero-order valence-electron chi connectivity index (χ0n) is 13.9. The first-order valence-electron chi connectivity index (χ1n) is 8.09. The molecule has 6 nitrogen and oxygen atoms in total. The summed E-state index contributed by atoms with van der Waals surface area (Å²) in [7, 11) is 0. The number of fused-ring (bicyclic) bond motifs is 2. The van der Waals surface area contributed by atoms with Crippen LogP contribution in [0.5, 0.6) is 0 Å². The molecule has 2 aromatic carbocycles. The minimum Gasteiger partial charge on any atom is -0.422 e. The molecule has 4 rings (SSSR count). The lowest BCUT2D eigenvalue weighted by atomic mass is 9.87. The highest BCUT2D eigenvalue weighted by Crippen LogP contribution is 2.39. The lowest BCUT2D eigenvalue weighted by Gasteiger charge is -2.20. The van der Waals surface area contributed by atoms with Crippen LogP contribution in [0.15, 0.2) is 57.7 Å². The van der Waals surface area contributed by atoms with Crippen LogP contribution >= 0.6 is 0 Å². The van der Waals surface area contributed by atoms with Gasteiger partial charge in [-0.2, -0.15) is 0 Å². The van der Waals surface area contributed by atoms with Crippen LogP contribution in [-0.2, 0) is 10.4 Å². The van der Waals surface area contributed by atoms with E-state index in [0.717, 1.165) is 5.56 Å². The van der Waals surface area contributed by atoms with Gasteiger partial charge in [-0.15, -0.1) is 0 Å². The SMILES string of the molecule is Cc1ccc2c(c1)C(O)(CC(=O)c1cc3ccccc3oc1=O)C(=O)N2. The van der Waals surface area contributed by atoms with Crippen LogP contribution in [0.1, 0.15) is 27.9 Å². The number of rotatable bonds is 3. The van der Waals surface area contributed by atoms with Crippen molar-refractivity contribution in [3.63, 3.8) is 0 Å². The highest BCUT2D eigenvalue weighted by atomic mass is 16.4. The molecule has 1 aromatic heterocycles. The lowest BCUT2D eigenvalue weighted by Crippen LogP contribution is -2.37. The first kappa shape index (κ1) is 16.2. The van der Waals surface area contributed by atoms with Crippen molar-refractivity contribution in [3.05, 3.63) is 75.6 Å². The Morgan fingerprint density at radius 3 is 2.73 bits per heavy atom. The molecule has 0 aliphatic carbocycles. The molecule has 1 unspecified atom stereocenters. The molecule has 1 aliphatic heterocycles. The molecule has 2 N–H and O–H groups in total. The number of carbonyl (C=O) groups excluding carboxylic acids is 2. The van der Waals surface area contributed by atoms with E-state index in [1.807, 2.05) is 6.92 Å². The van der Waals surface area contributed by atoms with Crippen molar-refractivity contribution in [1.82, 2.24) is 0 Å². The number of carbonyl (C=O) groups is 2. The Hall–Kier alpha value is -3.25. The molecule has 26 heavy (non-hydrogen) atoms. The highest BCUT2D eigenvalue weighted by molar-refractivity contribution is 6.09. The second-order valence-corrected chi connectivity index (χ2v) is 6.45. The zero-order chi connectivity index (χ0) is 18.5. The molecular weight excluding hydrogens is 334 g/mol. The van der Waals surface area contributed by atoms with Gasteiger partial charge in [0.05, 0.1) is 6.42 Å². The first-order chi connectivity index (χ1) is 12.4. The average molecular weight is 349 g/mol. The van der Waals surface area contributed by atoms with Gasteiger partial charge in [0.15, 0.2) is 11.4 Å². The number of ketones is 1. The smallest absolute Gasteiger partial charge is 0.347 e. The Balaban J connectivity index is 1.75. The third kappa shape index (κ3) is 2.43. The predicted molar refractivity (Wildman–Crippen MR) is 95.1 cm³/mol. The zero-order valence-corrected chi connectivity index (χ0v) is 13.9. The Morgan fingerprint density at radius 1 is 1.15 bits per heavy atom. The molecule has 0 bridgehead atoms. The van der Waals surface area contributed by atoms with Crippen LogP contribution in [0.25, 0.3) is 11.0 Å². The van der Waals surface area contributed by atoms with E-state index in [1.54, 1.807) is 42.5 Å². The Labute approximate surface area is 148 Å². The number of para-hydroxylation sites is 1. The van der Waals surface area contributed by atoms with Crippen molar-refractivity contribution in [1.29, 1.82) is 0 Å². The first-order valence-corrected chi connectivity index (χ1v) is 8.09. The van der Waals surface area contributed by atoms with Crippen molar-refractivity contribution in [2.75, 3.05) is 5.32 Å². The summed E-state index contributed by atoms with van der Waals surface area (Å²) in [5.74, 6) is -1.34. The van der Waals surface area contributed by atoms with E-state index in [4.69, 9.17) is 4.42 Å². The van der Waals surface area contributed by atoms with E-state index >= 15 is 0 Å². The van der Waals surface area contributed by atoms with Crippen LogP contribution in [0.3, 0.4) is 0 Å². The van der Waals surface area contributed by atoms with Gasteiger partial charge in [-0.3, -0.25) is 9.59 Å². The van der Waals surface area contributed by atoms with Gasteiger partial charge >= 0.3 is 5.63 Å².